The molecule has 1 unspecified atom stereocenters. The summed E-state index contributed by atoms with van der Waals surface area (Å²) in [5.74, 6) is 0. The lowest BCUT2D eigenvalue weighted by molar-refractivity contribution is 0.308. The number of hydrogen-bond acceptors (Lipinski definition) is 1. The molecule has 0 aliphatic rings. The van der Waals surface area contributed by atoms with Crippen LogP contribution in [0.2, 0.25) is 19.6 Å². The molecule has 1 atom stereocenters. The van der Waals surface area contributed by atoms with Gasteiger partial charge in [0.1, 0.15) is 0 Å². The second kappa shape index (κ2) is 2.99. The number of rotatable bonds is 2. The summed E-state index contributed by atoms with van der Waals surface area (Å²) < 4.78 is 5.49. The van der Waals surface area contributed by atoms with Crippen LogP contribution in [0.15, 0.2) is 0 Å². The van der Waals surface area contributed by atoms with Crippen LogP contribution in [0.1, 0.15) is 6.92 Å². The topological polar surface area (TPSA) is 9.23 Å². The SMILES string of the molecule is CC(Br)O[Si](C)(C)C. The minimum Gasteiger partial charge on any atom is -0.406 e. The van der Waals surface area contributed by atoms with E-state index in [1.54, 1.807) is 0 Å². The van der Waals surface area contributed by atoms with Crippen molar-refractivity contribution in [1.29, 1.82) is 0 Å². The van der Waals surface area contributed by atoms with Gasteiger partial charge in [-0.1, -0.05) is 15.9 Å². The first kappa shape index (κ1) is 8.66. The first-order valence-corrected chi connectivity index (χ1v) is 7.06. The normalized spacial score (nSPS) is 16.1. The molecule has 0 spiro atoms. The van der Waals surface area contributed by atoms with Crippen molar-refractivity contribution in [3.05, 3.63) is 0 Å². The Morgan fingerprint density at radius 3 is 1.75 bits per heavy atom. The van der Waals surface area contributed by atoms with E-state index in [-0.39, 0.29) is 5.01 Å². The van der Waals surface area contributed by atoms with Crippen LogP contribution in [0.4, 0.5) is 0 Å². The fraction of sp³-hybridized carbons (Fsp3) is 1.00. The van der Waals surface area contributed by atoms with Crippen molar-refractivity contribution in [3.8, 4) is 0 Å². The van der Waals surface area contributed by atoms with E-state index in [2.05, 4.69) is 35.6 Å². The standard InChI is InChI=1S/C5H13BrOSi/c1-5(6)7-8(2,3)4/h5H,1-4H3. The molecule has 0 bridgehead atoms. The summed E-state index contributed by atoms with van der Waals surface area (Å²) in [5.41, 5.74) is 0. The molecule has 0 saturated heterocycles. The molecule has 0 rings (SSSR count). The van der Waals surface area contributed by atoms with Crippen molar-refractivity contribution in [2.45, 2.75) is 31.6 Å². The van der Waals surface area contributed by atoms with Gasteiger partial charge in [0.2, 0.25) is 0 Å². The lowest BCUT2D eigenvalue weighted by atomic mass is 10.9. The Hall–Kier alpha value is 0.657. The Balaban J connectivity index is 3.39. The summed E-state index contributed by atoms with van der Waals surface area (Å²) >= 11 is 3.32. The Labute approximate surface area is 60.7 Å². The molecule has 0 amide bonds. The molecule has 1 nitrogen and oxygen atoms in total. The molecule has 3 heteroatoms. The van der Waals surface area contributed by atoms with E-state index >= 15 is 0 Å². The lowest BCUT2D eigenvalue weighted by Gasteiger charge is -2.18. The van der Waals surface area contributed by atoms with Gasteiger partial charge in [-0.05, 0) is 26.6 Å². The van der Waals surface area contributed by atoms with Gasteiger partial charge in [0, 0.05) is 0 Å². The molecule has 8 heavy (non-hydrogen) atoms. The van der Waals surface area contributed by atoms with Crippen LogP contribution in [-0.2, 0) is 4.43 Å². The minimum absolute atomic E-state index is 0.217. The molecule has 0 saturated carbocycles. The van der Waals surface area contributed by atoms with Crippen LogP contribution in [0.25, 0.3) is 0 Å². The van der Waals surface area contributed by atoms with Gasteiger partial charge in [-0.15, -0.1) is 0 Å². The third-order valence-corrected chi connectivity index (χ3v) is 2.11. The zero-order valence-electron chi connectivity index (χ0n) is 5.86. The predicted octanol–water partition coefficient (Wildman–Crippen LogP) is 2.58. The number of hydrogen-bond donors (Lipinski definition) is 0. The van der Waals surface area contributed by atoms with E-state index in [1.165, 1.54) is 0 Å². The third kappa shape index (κ3) is 6.66. The molecular formula is C5H13BrOSi. The van der Waals surface area contributed by atoms with Gasteiger partial charge in [-0.25, -0.2) is 0 Å². The fourth-order valence-electron chi connectivity index (χ4n) is 0.487. The van der Waals surface area contributed by atoms with Crippen LogP contribution < -0.4 is 0 Å². The van der Waals surface area contributed by atoms with Crippen molar-refractivity contribution in [3.63, 3.8) is 0 Å². The summed E-state index contributed by atoms with van der Waals surface area (Å²) in [5, 5.41) is 0.217. The summed E-state index contributed by atoms with van der Waals surface area (Å²) in [4.78, 5) is 0. The molecule has 0 aliphatic carbocycles. The Kier molecular flexibility index (Phi) is 3.23. The highest BCUT2D eigenvalue weighted by atomic mass is 79.9. The van der Waals surface area contributed by atoms with Gasteiger partial charge >= 0.3 is 0 Å². The zero-order chi connectivity index (χ0) is 6.78. The Morgan fingerprint density at radius 1 is 1.38 bits per heavy atom. The highest BCUT2D eigenvalue weighted by Crippen LogP contribution is 2.10. The minimum atomic E-state index is -1.27. The average molecular weight is 197 g/mol. The highest BCUT2D eigenvalue weighted by Gasteiger charge is 2.15. The van der Waals surface area contributed by atoms with E-state index in [1.807, 2.05) is 6.92 Å². The summed E-state index contributed by atoms with van der Waals surface area (Å²) in [7, 11) is -1.27. The van der Waals surface area contributed by atoms with E-state index in [0.717, 1.165) is 0 Å². The van der Waals surface area contributed by atoms with Crippen LogP contribution in [0, 0.1) is 0 Å². The second-order valence-electron chi connectivity index (χ2n) is 2.77. The molecule has 0 aromatic heterocycles. The quantitative estimate of drug-likeness (QED) is 0.488. The molecule has 0 aromatic carbocycles. The highest BCUT2D eigenvalue weighted by molar-refractivity contribution is 9.09. The lowest BCUT2D eigenvalue weighted by Crippen LogP contribution is -2.27. The first-order valence-electron chi connectivity index (χ1n) is 2.74. The van der Waals surface area contributed by atoms with Crippen molar-refractivity contribution >= 4 is 24.2 Å². The summed E-state index contributed by atoms with van der Waals surface area (Å²) in [6, 6.07) is 0. The van der Waals surface area contributed by atoms with Gasteiger partial charge < -0.3 is 4.43 Å². The molecular weight excluding hydrogens is 184 g/mol. The van der Waals surface area contributed by atoms with Gasteiger partial charge in [0.25, 0.3) is 0 Å². The van der Waals surface area contributed by atoms with E-state index in [4.69, 9.17) is 4.43 Å². The molecule has 0 aliphatic heterocycles. The van der Waals surface area contributed by atoms with Gasteiger partial charge in [0.05, 0.1) is 5.01 Å². The molecule has 0 N–H and O–H groups in total. The Morgan fingerprint density at radius 2 is 1.75 bits per heavy atom. The number of halogens is 1. The number of alkyl halides is 1. The molecule has 50 valence electrons. The van der Waals surface area contributed by atoms with E-state index in [9.17, 15) is 0 Å². The maximum absolute atomic E-state index is 5.49. The monoisotopic (exact) mass is 196 g/mol. The van der Waals surface area contributed by atoms with Crippen LogP contribution in [-0.4, -0.2) is 13.3 Å². The van der Waals surface area contributed by atoms with Crippen LogP contribution in [0.3, 0.4) is 0 Å². The zero-order valence-corrected chi connectivity index (χ0v) is 8.45. The average Bonchev–Trinajstić information content (AvgIpc) is 1.21. The molecule has 0 radical (unpaired) electrons. The van der Waals surface area contributed by atoms with Gasteiger partial charge in [-0.2, -0.15) is 0 Å². The Bertz CT molecular complexity index is 67.3. The maximum atomic E-state index is 5.49. The van der Waals surface area contributed by atoms with Crippen molar-refractivity contribution in [2.75, 3.05) is 0 Å². The van der Waals surface area contributed by atoms with Crippen LogP contribution in [0.5, 0.6) is 0 Å². The largest absolute Gasteiger partial charge is 0.406 e. The van der Waals surface area contributed by atoms with Crippen LogP contribution >= 0.6 is 15.9 Å². The third-order valence-electron chi connectivity index (χ3n) is 0.516. The van der Waals surface area contributed by atoms with Gasteiger partial charge in [0.15, 0.2) is 8.32 Å². The molecule has 0 aromatic rings. The van der Waals surface area contributed by atoms with Crippen molar-refractivity contribution in [1.82, 2.24) is 0 Å². The second-order valence-corrected chi connectivity index (χ2v) is 8.52. The molecule has 0 fully saturated rings. The van der Waals surface area contributed by atoms with Gasteiger partial charge in [-0.3, -0.25) is 0 Å². The van der Waals surface area contributed by atoms with Crippen molar-refractivity contribution in [2.24, 2.45) is 0 Å². The first-order chi connectivity index (χ1) is 3.42. The van der Waals surface area contributed by atoms with Crippen molar-refractivity contribution < 1.29 is 4.43 Å². The summed E-state index contributed by atoms with van der Waals surface area (Å²) in [6.07, 6.45) is 0. The van der Waals surface area contributed by atoms with E-state index < -0.39 is 8.32 Å². The maximum Gasteiger partial charge on any atom is 0.185 e. The van der Waals surface area contributed by atoms with E-state index in [0.29, 0.717) is 0 Å². The predicted molar refractivity (Wildman–Crippen MR) is 42.8 cm³/mol. The molecule has 0 heterocycles. The summed E-state index contributed by atoms with van der Waals surface area (Å²) in [6.45, 7) is 8.51. The fourth-order valence-corrected chi connectivity index (χ4v) is 3.14. The smallest absolute Gasteiger partial charge is 0.185 e.